The van der Waals surface area contributed by atoms with Crippen LogP contribution in [0.1, 0.15) is 31.3 Å². The highest BCUT2D eigenvalue weighted by Gasteiger charge is 2.03. The van der Waals surface area contributed by atoms with Gasteiger partial charge >= 0.3 is 0 Å². The van der Waals surface area contributed by atoms with Crippen molar-refractivity contribution in [2.45, 2.75) is 39.7 Å². The van der Waals surface area contributed by atoms with Crippen LogP contribution in [0.5, 0.6) is 0 Å². The molecule has 0 spiro atoms. The molecule has 1 heterocycles. The molecule has 4 heteroatoms. The number of halogens is 1. The lowest BCUT2D eigenvalue weighted by molar-refractivity contribution is 0.689. The highest BCUT2D eigenvalue weighted by Crippen LogP contribution is 2.09. The van der Waals surface area contributed by atoms with Crippen molar-refractivity contribution in [2.24, 2.45) is 0 Å². The van der Waals surface area contributed by atoms with Crippen LogP contribution in [0.2, 0.25) is 0 Å². The van der Waals surface area contributed by atoms with E-state index in [0.717, 1.165) is 30.2 Å². The summed E-state index contributed by atoms with van der Waals surface area (Å²) in [6.07, 6.45) is 2.09. The predicted octanol–water partition coefficient (Wildman–Crippen LogP) is 2.91. The Morgan fingerprint density at radius 2 is 2.13 bits per heavy atom. The number of aromatic nitrogens is 2. The van der Waals surface area contributed by atoms with E-state index in [9.17, 15) is 0 Å². The molecule has 15 heavy (non-hydrogen) atoms. The normalized spacial score (nSPS) is 12.5. The highest BCUT2D eigenvalue weighted by atomic mass is 35.5. The van der Waals surface area contributed by atoms with E-state index in [2.05, 4.69) is 22.2 Å². The first-order valence-electron chi connectivity index (χ1n) is 5.26. The third-order valence-electron chi connectivity index (χ3n) is 2.13. The van der Waals surface area contributed by atoms with E-state index in [-0.39, 0.29) is 0 Å². The maximum absolute atomic E-state index is 5.65. The Balaban J connectivity index is 2.56. The molecule has 0 amide bonds. The lowest BCUT2D eigenvalue weighted by Crippen LogP contribution is -2.16. The minimum absolute atomic E-state index is 0.400. The summed E-state index contributed by atoms with van der Waals surface area (Å²) < 4.78 is 0. The minimum Gasteiger partial charge on any atom is -0.368 e. The number of nitrogens with zero attached hydrogens (tertiary/aromatic N) is 2. The van der Waals surface area contributed by atoms with Crippen molar-refractivity contribution in [3.8, 4) is 0 Å². The third-order valence-corrected chi connectivity index (χ3v) is 2.40. The molecule has 0 saturated heterocycles. The Hall–Kier alpha value is -0.830. The molecule has 0 fully saturated rings. The van der Waals surface area contributed by atoms with Gasteiger partial charge in [-0.2, -0.15) is 0 Å². The van der Waals surface area contributed by atoms with E-state index in [1.54, 1.807) is 0 Å². The highest BCUT2D eigenvalue weighted by molar-refractivity contribution is 6.17. The molecular formula is C11H18ClN3. The van der Waals surface area contributed by atoms with E-state index in [0.29, 0.717) is 11.9 Å². The molecule has 1 unspecified atom stereocenters. The van der Waals surface area contributed by atoms with Crippen molar-refractivity contribution in [1.29, 1.82) is 0 Å². The zero-order valence-electron chi connectivity index (χ0n) is 9.55. The Bertz CT molecular complexity index is 294. The second-order valence-corrected chi connectivity index (χ2v) is 4.20. The number of nitrogens with one attached hydrogen (secondary N) is 1. The molecule has 0 aromatic carbocycles. The third kappa shape index (κ3) is 4.47. The summed E-state index contributed by atoms with van der Waals surface area (Å²) in [7, 11) is 0. The van der Waals surface area contributed by atoms with Gasteiger partial charge in [-0.15, -0.1) is 11.6 Å². The number of hydrogen-bond acceptors (Lipinski definition) is 3. The molecule has 0 aliphatic heterocycles. The first kappa shape index (κ1) is 12.2. The van der Waals surface area contributed by atoms with E-state index in [1.165, 1.54) is 0 Å². The summed E-state index contributed by atoms with van der Waals surface area (Å²) in [5.74, 6) is 2.43. The Morgan fingerprint density at radius 3 is 2.73 bits per heavy atom. The quantitative estimate of drug-likeness (QED) is 0.786. The standard InChI is InChI=1S/C11H18ClN3/c1-8(5-4-6-12)14-11-7-9(2)13-10(3)15-11/h7-8H,4-6H2,1-3H3,(H,13,14,15). The van der Waals surface area contributed by atoms with Crippen molar-refractivity contribution >= 4 is 17.4 Å². The van der Waals surface area contributed by atoms with E-state index >= 15 is 0 Å². The number of rotatable bonds is 5. The van der Waals surface area contributed by atoms with Gasteiger partial charge in [0.2, 0.25) is 0 Å². The van der Waals surface area contributed by atoms with Gasteiger partial charge in [0.05, 0.1) is 0 Å². The molecule has 1 atom stereocenters. The lowest BCUT2D eigenvalue weighted by Gasteiger charge is -2.14. The van der Waals surface area contributed by atoms with Gasteiger partial charge < -0.3 is 5.32 Å². The second kappa shape index (κ2) is 5.91. The molecule has 1 aromatic rings. The monoisotopic (exact) mass is 227 g/mol. The molecule has 0 aliphatic carbocycles. The fraction of sp³-hybridized carbons (Fsp3) is 0.636. The summed E-state index contributed by atoms with van der Waals surface area (Å²) in [6, 6.07) is 2.36. The largest absolute Gasteiger partial charge is 0.368 e. The van der Waals surface area contributed by atoms with Gasteiger partial charge in [-0.25, -0.2) is 9.97 Å². The maximum atomic E-state index is 5.65. The molecule has 1 aromatic heterocycles. The zero-order chi connectivity index (χ0) is 11.3. The average molecular weight is 228 g/mol. The number of hydrogen-bond donors (Lipinski definition) is 1. The van der Waals surface area contributed by atoms with Crippen LogP contribution in [0.25, 0.3) is 0 Å². The van der Waals surface area contributed by atoms with Gasteiger partial charge in [-0.3, -0.25) is 0 Å². The van der Waals surface area contributed by atoms with Crippen molar-refractivity contribution in [3.63, 3.8) is 0 Å². The Kier molecular flexibility index (Phi) is 4.82. The maximum Gasteiger partial charge on any atom is 0.130 e. The smallest absolute Gasteiger partial charge is 0.130 e. The van der Waals surface area contributed by atoms with Gasteiger partial charge in [0.15, 0.2) is 0 Å². The van der Waals surface area contributed by atoms with Gasteiger partial charge in [0, 0.05) is 23.7 Å². The molecule has 0 bridgehead atoms. The van der Waals surface area contributed by atoms with Crippen molar-refractivity contribution in [1.82, 2.24) is 9.97 Å². The Morgan fingerprint density at radius 1 is 1.40 bits per heavy atom. The fourth-order valence-corrected chi connectivity index (χ4v) is 1.65. The van der Waals surface area contributed by atoms with Gasteiger partial charge in [-0.05, 0) is 33.6 Å². The molecule has 1 N–H and O–H groups in total. The molecule has 3 nitrogen and oxygen atoms in total. The van der Waals surface area contributed by atoms with E-state index < -0.39 is 0 Å². The molecule has 0 saturated carbocycles. The summed E-state index contributed by atoms with van der Waals surface area (Å²) >= 11 is 5.65. The summed E-state index contributed by atoms with van der Waals surface area (Å²) in [5, 5.41) is 3.35. The summed E-state index contributed by atoms with van der Waals surface area (Å²) in [5.41, 5.74) is 0.995. The van der Waals surface area contributed by atoms with Crippen LogP contribution >= 0.6 is 11.6 Å². The van der Waals surface area contributed by atoms with E-state index in [4.69, 9.17) is 11.6 Å². The lowest BCUT2D eigenvalue weighted by atomic mass is 10.2. The predicted molar refractivity (Wildman–Crippen MR) is 64.5 cm³/mol. The molecule has 1 rings (SSSR count). The molecule has 0 aliphatic rings. The molecule has 0 radical (unpaired) electrons. The van der Waals surface area contributed by atoms with Crippen LogP contribution in [-0.4, -0.2) is 21.9 Å². The number of anilines is 1. The summed E-state index contributed by atoms with van der Waals surface area (Å²) in [4.78, 5) is 8.56. The van der Waals surface area contributed by atoms with Gasteiger partial charge in [0.25, 0.3) is 0 Å². The number of aryl methyl sites for hydroxylation is 2. The molecular weight excluding hydrogens is 210 g/mol. The van der Waals surface area contributed by atoms with Crippen LogP contribution in [0.4, 0.5) is 5.82 Å². The fourth-order valence-electron chi connectivity index (χ4n) is 1.50. The second-order valence-electron chi connectivity index (χ2n) is 3.82. The van der Waals surface area contributed by atoms with Crippen molar-refractivity contribution < 1.29 is 0 Å². The molecule has 84 valence electrons. The average Bonchev–Trinajstić information content (AvgIpc) is 2.13. The van der Waals surface area contributed by atoms with Crippen LogP contribution < -0.4 is 5.32 Å². The minimum atomic E-state index is 0.400. The van der Waals surface area contributed by atoms with Crippen LogP contribution in [0, 0.1) is 13.8 Å². The SMILES string of the molecule is Cc1cc(NC(C)CCCCl)nc(C)n1. The van der Waals surface area contributed by atoms with Gasteiger partial charge in [0.1, 0.15) is 11.6 Å². The van der Waals surface area contributed by atoms with Gasteiger partial charge in [-0.1, -0.05) is 0 Å². The van der Waals surface area contributed by atoms with Crippen LogP contribution in [0.15, 0.2) is 6.07 Å². The Labute approximate surface area is 96.3 Å². The summed E-state index contributed by atoms with van der Waals surface area (Å²) in [6.45, 7) is 6.02. The first-order valence-corrected chi connectivity index (χ1v) is 5.80. The van der Waals surface area contributed by atoms with Crippen LogP contribution in [0.3, 0.4) is 0 Å². The van der Waals surface area contributed by atoms with Crippen molar-refractivity contribution in [2.75, 3.05) is 11.2 Å². The zero-order valence-corrected chi connectivity index (χ0v) is 10.3. The number of alkyl halides is 1. The topological polar surface area (TPSA) is 37.8 Å². The van der Waals surface area contributed by atoms with Crippen LogP contribution in [-0.2, 0) is 0 Å². The first-order chi connectivity index (χ1) is 7.11. The van der Waals surface area contributed by atoms with Crippen molar-refractivity contribution in [3.05, 3.63) is 17.6 Å². The van der Waals surface area contributed by atoms with E-state index in [1.807, 2.05) is 19.9 Å².